The van der Waals surface area contributed by atoms with E-state index >= 15 is 0 Å². The fourth-order valence-corrected chi connectivity index (χ4v) is 6.06. The molecule has 0 radical (unpaired) electrons. The Bertz CT molecular complexity index is 523. The van der Waals surface area contributed by atoms with Crippen LogP contribution in [0.1, 0.15) is 176 Å². The van der Waals surface area contributed by atoms with E-state index in [-0.39, 0.29) is 6.10 Å². The van der Waals surface area contributed by atoms with Crippen molar-refractivity contribution in [3.63, 3.8) is 0 Å². The van der Waals surface area contributed by atoms with Gasteiger partial charge in [-0.25, -0.2) is 0 Å². The highest BCUT2D eigenvalue weighted by atomic mass is 28.4. The van der Waals surface area contributed by atoms with Crippen molar-refractivity contribution in [3.8, 4) is 0 Å². The Morgan fingerprint density at radius 3 is 1.38 bits per heavy atom. The Kier molecular flexibility index (Phi) is 29.0. The summed E-state index contributed by atoms with van der Waals surface area (Å²) >= 11 is 0. The summed E-state index contributed by atoms with van der Waals surface area (Å²) < 4.78 is 6.72. The van der Waals surface area contributed by atoms with E-state index in [1.807, 2.05) is 12.2 Å². The van der Waals surface area contributed by atoms with Crippen LogP contribution in [-0.4, -0.2) is 25.6 Å². The smallest absolute Gasteiger partial charge is 0.192 e. The second-order valence-corrected chi connectivity index (χ2v) is 18.2. The summed E-state index contributed by atoms with van der Waals surface area (Å²) in [6.45, 7) is 23.9. The van der Waals surface area contributed by atoms with Gasteiger partial charge >= 0.3 is 0 Å². The van der Waals surface area contributed by atoms with Gasteiger partial charge in [-0.2, -0.15) is 0 Å². The van der Waals surface area contributed by atoms with Gasteiger partial charge in [0.05, 0.1) is 6.10 Å². The zero-order chi connectivity index (χ0) is 29.8. The predicted molar refractivity (Wildman–Crippen MR) is 181 cm³/mol. The van der Waals surface area contributed by atoms with Crippen molar-refractivity contribution >= 4 is 8.32 Å². The van der Waals surface area contributed by atoms with E-state index in [0.29, 0.717) is 11.1 Å². The van der Waals surface area contributed by atoms with Crippen molar-refractivity contribution < 1.29 is 9.53 Å². The van der Waals surface area contributed by atoms with Crippen molar-refractivity contribution in [3.05, 3.63) is 25.3 Å². The first-order valence-corrected chi connectivity index (χ1v) is 20.0. The predicted octanol–water partition coefficient (Wildman–Crippen LogP) is 12.7. The minimum absolute atomic E-state index is 0.0593. The Labute approximate surface area is 249 Å². The van der Waals surface area contributed by atoms with E-state index in [1.165, 1.54) is 109 Å². The zero-order valence-electron chi connectivity index (χ0n) is 28.1. The number of aliphatic hydroxyl groups excluding tert-OH is 1. The molecule has 0 aromatic carbocycles. The van der Waals surface area contributed by atoms with Gasteiger partial charge < -0.3 is 9.53 Å². The second-order valence-electron chi connectivity index (χ2n) is 13.4. The molecule has 0 saturated carbocycles. The monoisotopic (exact) mass is 567 g/mol. The molecule has 0 saturated heterocycles. The van der Waals surface area contributed by atoms with Crippen LogP contribution >= 0.6 is 0 Å². The van der Waals surface area contributed by atoms with E-state index in [1.54, 1.807) is 0 Å². The number of unbranched alkanes of at least 4 members (excludes halogenated alkanes) is 14. The summed E-state index contributed by atoms with van der Waals surface area (Å²) in [5, 5.41) is 10.0. The molecule has 3 heteroatoms. The molecular weight excluding hydrogens is 492 g/mol. The van der Waals surface area contributed by atoms with Gasteiger partial charge in [-0.15, -0.1) is 13.2 Å². The molecule has 2 atom stereocenters. The molecule has 0 amide bonds. The van der Waals surface area contributed by atoms with Crippen LogP contribution in [0, 0.1) is 0 Å². The minimum atomic E-state index is -1.64. The number of allylic oxidation sites excluding steroid dienone is 2. The Morgan fingerprint density at radius 2 is 0.974 bits per heavy atom. The van der Waals surface area contributed by atoms with Crippen LogP contribution in [0.3, 0.4) is 0 Å². The van der Waals surface area contributed by atoms with Gasteiger partial charge in [0.1, 0.15) is 0 Å². The third-order valence-electron chi connectivity index (χ3n) is 8.42. The summed E-state index contributed by atoms with van der Waals surface area (Å²) in [5.41, 5.74) is 0. The van der Waals surface area contributed by atoms with E-state index in [0.717, 1.165) is 32.1 Å². The highest BCUT2D eigenvalue weighted by Crippen LogP contribution is 2.38. The lowest BCUT2D eigenvalue weighted by Gasteiger charge is -2.39. The van der Waals surface area contributed by atoms with E-state index in [9.17, 15) is 5.11 Å². The van der Waals surface area contributed by atoms with E-state index in [4.69, 9.17) is 4.43 Å². The Morgan fingerprint density at radius 1 is 0.615 bits per heavy atom. The van der Waals surface area contributed by atoms with Gasteiger partial charge in [0.2, 0.25) is 0 Å². The van der Waals surface area contributed by atoms with Crippen LogP contribution in [-0.2, 0) is 4.43 Å². The number of aliphatic hydroxyl groups is 1. The summed E-state index contributed by atoms with van der Waals surface area (Å²) in [7, 11) is -1.64. The molecule has 0 aliphatic rings. The summed E-state index contributed by atoms with van der Waals surface area (Å²) in [4.78, 5) is 0. The molecule has 0 aliphatic carbocycles. The maximum atomic E-state index is 9.73. The van der Waals surface area contributed by atoms with E-state index < -0.39 is 8.32 Å². The first-order valence-electron chi connectivity index (χ1n) is 17.1. The van der Waals surface area contributed by atoms with Gasteiger partial charge in [-0.05, 0) is 69.5 Å². The van der Waals surface area contributed by atoms with E-state index in [2.05, 4.69) is 60.9 Å². The molecule has 0 heterocycles. The number of rotatable bonds is 26. The van der Waals surface area contributed by atoms with Crippen LogP contribution in [0.5, 0.6) is 0 Å². The van der Waals surface area contributed by atoms with Crippen molar-refractivity contribution in [2.75, 3.05) is 0 Å². The first kappa shape index (κ1) is 40.8. The average molecular weight is 567 g/mol. The molecule has 0 unspecified atom stereocenters. The zero-order valence-corrected chi connectivity index (χ0v) is 29.1. The van der Waals surface area contributed by atoms with Crippen molar-refractivity contribution in [2.24, 2.45) is 0 Å². The van der Waals surface area contributed by atoms with Crippen LogP contribution in [0.2, 0.25) is 18.1 Å². The normalized spacial score (nSPS) is 13.4. The van der Waals surface area contributed by atoms with Crippen LogP contribution in [0.25, 0.3) is 0 Å². The maximum Gasteiger partial charge on any atom is 0.192 e. The van der Waals surface area contributed by atoms with Crippen molar-refractivity contribution in [2.45, 2.75) is 206 Å². The van der Waals surface area contributed by atoms with Gasteiger partial charge in [-0.3, -0.25) is 0 Å². The van der Waals surface area contributed by atoms with Gasteiger partial charge in [0.25, 0.3) is 0 Å². The second kappa shape index (κ2) is 27.8. The SMILES string of the molecule is C=CCCCC[C@@H](O)CCCCCCCC.C=CCCCC[C@H](CCCCCCCC)O[Si](C)(C)C(C)(C)C. The van der Waals surface area contributed by atoms with Gasteiger partial charge in [0, 0.05) is 6.10 Å². The lowest BCUT2D eigenvalue weighted by molar-refractivity contribution is 0.147. The molecule has 0 rings (SSSR count). The molecule has 0 spiro atoms. The highest BCUT2D eigenvalue weighted by molar-refractivity contribution is 6.74. The highest BCUT2D eigenvalue weighted by Gasteiger charge is 2.38. The average Bonchev–Trinajstić information content (AvgIpc) is 2.88. The lowest BCUT2D eigenvalue weighted by Crippen LogP contribution is -2.44. The van der Waals surface area contributed by atoms with Crippen molar-refractivity contribution in [1.29, 1.82) is 0 Å². The van der Waals surface area contributed by atoms with Crippen molar-refractivity contribution in [1.82, 2.24) is 0 Å². The van der Waals surface area contributed by atoms with Crippen LogP contribution in [0.4, 0.5) is 0 Å². The minimum Gasteiger partial charge on any atom is -0.414 e. The molecular formula is C36H74O2Si. The number of hydrogen-bond acceptors (Lipinski definition) is 2. The third kappa shape index (κ3) is 27.6. The molecule has 0 aromatic rings. The standard InChI is InChI=1S/C21H44OSi.C15H30O/c1-8-10-12-14-15-17-19-20(18-16-13-11-9-2)22-23(6,7)21(3,4)5;1-3-5-7-9-10-12-14-15(16)13-11-8-6-4-2/h9,20H,2,8,10-19H2,1,3-7H3;4,15-16H,2-3,5-14H2,1H3/t20-;15-/m11/s1. The lowest BCUT2D eigenvalue weighted by atomic mass is 10.0. The maximum absolute atomic E-state index is 9.73. The fraction of sp³-hybridized carbons (Fsp3) is 0.889. The largest absolute Gasteiger partial charge is 0.414 e. The van der Waals surface area contributed by atoms with Gasteiger partial charge in [0.15, 0.2) is 8.32 Å². The Balaban J connectivity index is 0. The molecule has 234 valence electrons. The van der Waals surface area contributed by atoms with Gasteiger partial charge in [-0.1, -0.05) is 137 Å². The molecule has 0 aliphatic heterocycles. The van der Waals surface area contributed by atoms with Crippen LogP contribution < -0.4 is 0 Å². The fourth-order valence-electron chi connectivity index (χ4n) is 4.64. The summed E-state index contributed by atoms with van der Waals surface area (Å²) in [6, 6.07) is 0. The Hall–Kier alpha value is -0.383. The summed E-state index contributed by atoms with van der Waals surface area (Å²) in [6.07, 6.45) is 32.1. The molecule has 0 bridgehead atoms. The van der Waals surface area contributed by atoms with Crippen LogP contribution in [0.15, 0.2) is 25.3 Å². The molecule has 0 fully saturated rings. The molecule has 0 aromatic heterocycles. The topological polar surface area (TPSA) is 29.5 Å². The third-order valence-corrected chi connectivity index (χ3v) is 13.0. The molecule has 39 heavy (non-hydrogen) atoms. The quantitative estimate of drug-likeness (QED) is 0.0641. The molecule has 1 N–H and O–H groups in total. The number of hydrogen-bond donors (Lipinski definition) is 1. The summed E-state index contributed by atoms with van der Waals surface area (Å²) in [5.74, 6) is 0. The molecule has 2 nitrogen and oxygen atoms in total. The first-order chi connectivity index (χ1) is 18.6.